The van der Waals surface area contributed by atoms with Gasteiger partial charge in [0.05, 0.1) is 5.60 Å². The smallest absolute Gasteiger partial charge is 0.377 e. The van der Waals surface area contributed by atoms with Crippen molar-refractivity contribution in [3.8, 4) is 0 Å². The van der Waals surface area contributed by atoms with Gasteiger partial charge in [-0.25, -0.2) is 0 Å². The Morgan fingerprint density at radius 1 is 1.25 bits per heavy atom. The average Bonchev–Trinajstić information content (AvgIpc) is 2.79. The molecule has 0 atom stereocenters. The second-order valence-corrected chi connectivity index (χ2v) is 4.83. The van der Waals surface area contributed by atoms with Crippen LogP contribution in [-0.2, 0) is 10.9 Å². The zero-order valence-corrected chi connectivity index (χ0v) is 11.2. The van der Waals surface area contributed by atoms with E-state index >= 15 is 0 Å². The Hall–Kier alpha value is -1.90. The lowest BCUT2D eigenvalue weighted by molar-refractivity contribution is -0.146. The Labute approximate surface area is 112 Å². The Kier molecular flexibility index (Phi) is 3.55. The van der Waals surface area contributed by atoms with E-state index in [0.717, 1.165) is 0 Å². The zero-order valence-electron chi connectivity index (χ0n) is 11.2. The van der Waals surface area contributed by atoms with Gasteiger partial charge in [-0.1, -0.05) is 0 Å². The molecule has 1 N–H and O–H groups in total. The number of aromatic nitrogens is 4. The minimum absolute atomic E-state index is 0.0360. The Balaban J connectivity index is 2.29. The molecular formula is C11H14F3N5O. The minimum atomic E-state index is -4.60. The van der Waals surface area contributed by atoms with Gasteiger partial charge in [0.2, 0.25) is 0 Å². The van der Waals surface area contributed by atoms with Gasteiger partial charge in [0.1, 0.15) is 5.82 Å². The van der Waals surface area contributed by atoms with E-state index in [0.29, 0.717) is 11.1 Å². The highest BCUT2D eigenvalue weighted by Gasteiger charge is 2.37. The molecule has 0 aliphatic carbocycles. The fourth-order valence-corrected chi connectivity index (χ4v) is 1.44. The van der Waals surface area contributed by atoms with Crippen LogP contribution in [0.25, 0.3) is 5.65 Å². The quantitative estimate of drug-likeness (QED) is 0.932. The first-order chi connectivity index (χ1) is 9.23. The molecule has 6 nitrogen and oxygen atoms in total. The van der Waals surface area contributed by atoms with Crippen molar-refractivity contribution in [1.29, 1.82) is 0 Å². The van der Waals surface area contributed by atoms with Crippen LogP contribution in [0.5, 0.6) is 0 Å². The number of fused-ring (bicyclic) bond motifs is 1. The molecule has 0 saturated heterocycles. The maximum Gasteiger partial charge on any atom is 0.453 e. The van der Waals surface area contributed by atoms with Crippen LogP contribution in [0.2, 0.25) is 0 Å². The van der Waals surface area contributed by atoms with Crippen LogP contribution in [0.4, 0.5) is 19.0 Å². The topological polar surface area (TPSA) is 64.3 Å². The summed E-state index contributed by atoms with van der Waals surface area (Å²) >= 11 is 0. The molecule has 20 heavy (non-hydrogen) atoms. The fourth-order valence-electron chi connectivity index (χ4n) is 1.44. The standard InChI is InChI=1S/C11H14F3N5O/c1-10(2,20-3)6-15-7-4-5-8-16-17-9(11(12,13)14)19(8)18-7/h4-5H,6H2,1-3H3,(H,15,18). The van der Waals surface area contributed by atoms with Crippen molar-refractivity contribution in [2.75, 3.05) is 19.0 Å². The molecule has 0 amide bonds. The summed E-state index contributed by atoms with van der Waals surface area (Å²) in [5.41, 5.74) is -0.426. The van der Waals surface area contributed by atoms with Crippen molar-refractivity contribution >= 4 is 11.5 Å². The molecule has 0 spiro atoms. The van der Waals surface area contributed by atoms with Gasteiger partial charge in [-0.05, 0) is 26.0 Å². The van der Waals surface area contributed by atoms with Crippen LogP contribution in [0.3, 0.4) is 0 Å². The number of rotatable bonds is 4. The summed E-state index contributed by atoms with van der Waals surface area (Å²) in [6.07, 6.45) is -4.60. The summed E-state index contributed by atoms with van der Waals surface area (Å²) in [5.74, 6) is -0.866. The second-order valence-electron chi connectivity index (χ2n) is 4.83. The van der Waals surface area contributed by atoms with E-state index in [1.54, 1.807) is 7.11 Å². The van der Waals surface area contributed by atoms with Crippen LogP contribution in [0.15, 0.2) is 12.1 Å². The summed E-state index contributed by atoms with van der Waals surface area (Å²) in [4.78, 5) is 0. The first-order valence-electron chi connectivity index (χ1n) is 5.82. The highest BCUT2D eigenvalue weighted by atomic mass is 19.4. The summed E-state index contributed by atoms with van der Waals surface area (Å²) in [5, 5.41) is 13.3. The predicted octanol–water partition coefficient (Wildman–Crippen LogP) is 1.98. The van der Waals surface area contributed by atoms with Crippen LogP contribution >= 0.6 is 0 Å². The molecule has 2 heterocycles. The van der Waals surface area contributed by atoms with E-state index < -0.39 is 17.6 Å². The Morgan fingerprint density at radius 2 is 1.95 bits per heavy atom. The van der Waals surface area contributed by atoms with Crippen molar-refractivity contribution in [3.05, 3.63) is 18.0 Å². The lowest BCUT2D eigenvalue weighted by Gasteiger charge is -2.23. The van der Waals surface area contributed by atoms with Crippen molar-refractivity contribution < 1.29 is 17.9 Å². The molecule has 0 aliphatic heterocycles. The first kappa shape index (κ1) is 14.5. The molecule has 0 aliphatic rings. The van der Waals surface area contributed by atoms with Crippen molar-refractivity contribution in [2.24, 2.45) is 0 Å². The molecular weight excluding hydrogens is 275 g/mol. The summed E-state index contributed by atoms with van der Waals surface area (Å²) in [6.45, 7) is 4.09. The van der Waals surface area contributed by atoms with E-state index in [4.69, 9.17) is 4.74 Å². The van der Waals surface area contributed by atoms with Crippen molar-refractivity contribution in [3.63, 3.8) is 0 Å². The summed E-state index contributed by atoms with van der Waals surface area (Å²) in [7, 11) is 1.56. The highest BCUT2D eigenvalue weighted by molar-refractivity contribution is 5.44. The van der Waals surface area contributed by atoms with Crippen molar-refractivity contribution in [1.82, 2.24) is 19.8 Å². The average molecular weight is 289 g/mol. The number of nitrogens with one attached hydrogen (secondary N) is 1. The predicted molar refractivity (Wildman–Crippen MR) is 65.4 cm³/mol. The monoisotopic (exact) mass is 289 g/mol. The fraction of sp³-hybridized carbons (Fsp3) is 0.545. The van der Waals surface area contributed by atoms with E-state index in [2.05, 4.69) is 20.6 Å². The second kappa shape index (κ2) is 4.89. The number of hydrogen-bond donors (Lipinski definition) is 1. The normalized spacial score (nSPS) is 12.9. The minimum Gasteiger partial charge on any atom is -0.377 e. The number of alkyl halides is 3. The third kappa shape index (κ3) is 2.98. The molecule has 0 unspecified atom stereocenters. The first-order valence-corrected chi connectivity index (χ1v) is 5.82. The number of hydrogen-bond acceptors (Lipinski definition) is 5. The molecule has 0 fully saturated rings. The molecule has 0 aromatic carbocycles. The van der Waals surface area contributed by atoms with E-state index in [1.165, 1.54) is 12.1 Å². The largest absolute Gasteiger partial charge is 0.453 e. The van der Waals surface area contributed by atoms with Crippen LogP contribution in [0.1, 0.15) is 19.7 Å². The SMILES string of the molecule is COC(C)(C)CNc1ccc2nnc(C(F)(F)F)n2n1. The maximum absolute atomic E-state index is 12.7. The number of ether oxygens (including phenoxy) is 1. The number of methoxy groups -OCH3 is 1. The van der Waals surface area contributed by atoms with Gasteiger partial charge in [-0.2, -0.15) is 17.7 Å². The van der Waals surface area contributed by atoms with E-state index in [9.17, 15) is 13.2 Å². The lowest BCUT2D eigenvalue weighted by Crippen LogP contribution is -2.32. The van der Waals surface area contributed by atoms with Gasteiger partial charge in [0.25, 0.3) is 5.82 Å². The van der Waals surface area contributed by atoms with Gasteiger partial charge < -0.3 is 10.1 Å². The Morgan fingerprint density at radius 3 is 2.55 bits per heavy atom. The third-order valence-corrected chi connectivity index (χ3v) is 2.76. The van der Waals surface area contributed by atoms with Gasteiger partial charge in [0.15, 0.2) is 5.65 Å². The molecule has 0 bridgehead atoms. The van der Waals surface area contributed by atoms with Gasteiger partial charge in [-0.3, -0.25) is 0 Å². The van der Waals surface area contributed by atoms with E-state index in [-0.39, 0.29) is 11.5 Å². The molecule has 9 heteroatoms. The van der Waals surface area contributed by atoms with Gasteiger partial charge in [0, 0.05) is 13.7 Å². The molecule has 2 aromatic rings. The van der Waals surface area contributed by atoms with Gasteiger partial charge in [-0.15, -0.1) is 15.3 Å². The van der Waals surface area contributed by atoms with Crippen LogP contribution < -0.4 is 5.32 Å². The number of halogens is 3. The van der Waals surface area contributed by atoms with Crippen LogP contribution in [-0.4, -0.2) is 39.1 Å². The molecule has 2 aromatic heterocycles. The molecule has 0 radical (unpaired) electrons. The highest BCUT2D eigenvalue weighted by Crippen LogP contribution is 2.27. The number of nitrogens with zero attached hydrogens (tertiary/aromatic N) is 4. The molecule has 2 rings (SSSR count). The van der Waals surface area contributed by atoms with Crippen molar-refractivity contribution in [2.45, 2.75) is 25.6 Å². The maximum atomic E-state index is 12.7. The number of anilines is 1. The Bertz CT molecular complexity index is 608. The van der Waals surface area contributed by atoms with Crippen LogP contribution in [0, 0.1) is 0 Å². The third-order valence-electron chi connectivity index (χ3n) is 2.76. The van der Waals surface area contributed by atoms with Gasteiger partial charge >= 0.3 is 6.18 Å². The van der Waals surface area contributed by atoms with E-state index in [1.807, 2.05) is 13.8 Å². The zero-order chi connectivity index (χ0) is 15.0. The lowest BCUT2D eigenvalue weighted by atomic mass is 10.1. The summed E-state index contributed by atoms with van der Waals surface area (Å²) < 4.78 is 44.0. The molecule has 0 saturated carbocycles. The summed E-state index contributed by atoms with van der Waals surface area (Å²) in [6, 6.07) is 2.95. The molecule has 110 valence electrons.